The number of benzene rings is 1. The van der Waals surface area contributed by atoms with E-state index in [1.165, 1.54) is 11.3 Å². The molecule has 2 saturated heterocycles. The average Bonchev–Trinajstić information content (AvgIpc) is 3.48. The fraction of sp³-hybridized carbons (Fsp3) is 0.471. The lowest BCUT2D eigenvalue weighted by molar-refractivity contribution is -0.179. The van der Waals surface area contributed by atoms with Crippen molar-refractivity contribution >= 4 is 39.1 Å². The highest BCUT2D eigenvalue weighted by Crippen LogP contribution is 2.40. The van der Waals surface area contributed by atoms with Crippen molar-refractivity contribution in [2.75, 3.05) is 39.5 Å². The summed E-state index contributed by atoms with van der Waals surface area (Å²) in [6.07, 6.45) is 4.40. The number of carbonyl (C=O) groups is 1. The van der Waals surface area contributed by atoms with Gasteiger partial charge >= 0.3 is 5.97 Å². The van der Waals surface area contributed by atoms with E-state index >= 15 is 0 Å². The van der Waals surface area contributed by atoms with Crippen LogP contribution in [0.4, 0.5) is 0 Å². The van der Waals surface area contributed by atoms with E-state index in [0.717, 1.165) is 65.9 Å². The normalized spacial score (nSPS) is 19.8. The van der Waals surface area contributed by atoms with Crippen molar-refractivity contribution in [1.29, 1.82) is 0 Å². The predicted molar refractivity (Wildman–Crippen MR) is 177 cm³/mol. The standard InChI is InChI=1S/C34H37ClN4O6S/c1-20-15-25(31-30(36-20)27(18-46-31)33(41)42)24-16-22(35)3-6-29(24)44-12-11-39-21(2)37-28-5-4-23(17-26(28)32(39)40)38-9-7-34(8-10-38)19-43-13-14-45-34/h3,6,15-16,18,23H,4-5,7-14,17,19H2,1-2H3,(H,41,42)/t23-/m1/s1. The Morgan fingerprint density at radius 2 is 2.00 bits per heavy atom. The molecule has 1 aliphatic carbocycles. The summed E-state index contributed by atoms with van der Waals surface area (Å²) in [6, 6.07) is 7.62. The zero-order valence-corrected chi connectivity index (χ0v) is 27.6. The highest BCUT2D eigenvalue weighted by Gasteiger charge is 2.40. The lowest BCUT2D eigenvalue weighted by atomic mass is 9.86. The van der Waals surface area contributed by atoms with Crippen LogP contribution in [0.3, 0.4) is 0 Å². The molecule has 242 valence electrons. The molecule has 4 aromatic rings. The van der Waals surface area contributed by atoms with Gasteiger partial charge in [0.25, 0.3) is 5.56 Å². The first-order chi connectivity index (χ1) is 22.2. The zero-order chi connectivity index (χ0) is 32.0. The lowest BCUT2D eigenvalue weighted by Gasteiger charge is -2.46. The number of rotatable bonds is 7. The van der Waals surface area contributed by atoms with Crippen LogP contribution in [-0.2, 0) is 28.9 Å². The summed E-state index contributed by atoms with van der Waals surface area (Å²) in [6.45, 7) is 8.21. The number of piperidine rings is 1. The molecule has 7 rings (SSSR count). The highest BCUT2D eigenvalue weighted by molar-refractivity contribution is 7.18. The van der Waals surface area contributed by atoms with Crippen LogP contribution in [0, 0.1) is 13.8 Å². The topological polar surface area (TPSA) is 116 Å². The number of carboxylic acid groups (broad SMARTS) is 1. The summed E-state index contributed by atoms with van der Waals surface area (Å²) in [4.78, 5) is 37.6. The van der Waals surface area contributed by atoms with Crippen molar-refractivity contribution in [2.45, 2.75) is 64.1 Å². The van der Waals surface area contributed by atoms with E-state index in [0.29, 0.717) is 66.6 Å². The maximum Gasteiger partial charge on any atom is 0.338 e. The monoisotopic (exact) mass is 664 g/mol. The maximum absolute atomic E-state index is 13.9. The largest absolute Gasteiger partial charge is 0.491 e. The van der Waals surface area contributed by atoms with Crippen molar-refractivity contribution in [3.8, 4) is 16.9 Å². The number of aromatic nitrogens is 3. The summed E-state index contributed by atoms with van der Waals surface area (Å²) < 4.78 is 20.6. The van der Waals surface area contributed by atoms with Gasteiger partial charge in [-0.3, -0.25) is 19.2 Å². The van der Waals surface area contributed by atoms with Crippen LogP contribution in [0.15, 0.2) is 34.4 Å². The molecular formula is C34H37ClN4O6S. The molecule has 1 aromatic carbocycles. The Bertz CT molecular complexity index is 1860. The number of likely N-dealkylation sites (tertiary alicyclic amines) is 1. The number of pyridine rings is 1. The van der Waals surface area contributed by atoms with E-state index in [-0.39, 0.29) is 23.3 Å². The smallest absolute Gasteiger partial charge is 0.338 e. The number of fused-ring (bicyclic) bond motifs is 2. The third kappa shape index (κ3) is 5.95. The quantitative estimate of drug-likeness (QED) is 0.281. The molecule has 0 saturated carbocycles. The lowest BCUT2D eigenvalue weighted by Crippen LogP contribution is -2.54. The molecule has 3 aromatic heterocycles. The molecule has 0 unspecified atom stereocenters. The van der Waals surface area contributed by atoms with Crippen LogP contribution in [-0.4, -0.2) is 81.7 Å². The molecule has 2 aliphatic heterocycles. The minimum absolute atomic E-state index is 0.0101. The summed E-state index contributed by atoms with van der Waals surface area (Å²) >= 11 is 7.76. The van der Waals surface area contributed by atoms with Crippen LogP contribution in [0.25, 0.3) is 21.3 Å². The molecular weight excluding hydrogens is 628 g/mol. The third-order valence-corrected chi connectivity index (χ3v) is 10.8. The molecule has 12 heteroatoms. The first kappa shape index (κ1) is 31.3. The first-order valence-electron chi connectivity index (χ1n) is 15.8. The van der Waals surface area contributed by atoms with E-state index in [1.54, 1.807) is 16.0 Å². The van der Waals surface area contributed by atoms with Crippen molar-refractivity contribution in [3.63, 3.8) is 0 Å². The Morgan fingerprint density at radius 1 is 1.17 bits per heavy atom. The Balaban J connectivity index is 1.08. The predicted octanol–water partition coefficient (Wildman–Crippen LogP) is 5.31. The Hall–Kier alpha value is -3.35. The maximum atomic E-state index is 13.9. The SMILES string of the molecule is Cc1cc(-c2cc(Cl)ccc2OCCn2c(C)nc3c(c2=O)C[C@H](N2CCC4(CC2)COCCO4)CC3)c2scc(C(=O)O)c2n1. The number of hydrogen-bond donors (Lipinski definition) is 1. The van der Waals surface area contributed by atoms with Gasteiger partial charge in [-0.2, -0.15) is 0 Å². The Labute approximate surface area is 275 Å². The molecule has 2 fully saturated rings. The average molecular weight is 665 g/mol. The summed E-state index contributed by atoms with van der Waals surface area (Å²) in [7, 11) is 0. The fourth-order valence-corrected chi connectivity index (χ4v) is 8.34. The number of halogens is 1. The van der Waals surface area contributed by atoms with Gasteiger partial charge in [-0.15, -0.1) is 11.3 Å². The van der Waals surface area contributed by atoms with Crippen molar-refractivity contribution in [2.24, 2.45) is 0 Å². The second-order valence-corrected chi connectivity index (χ2v) is 13.8. The van der Waals surface area contributed by atoms with Gasteiger partial charge in [-0.1, -0.05) is 11.6 Å². The molecule has 3 aliphatic rings. The van der Waals surface area contributed by atoms with E-state index in [1.807, 2.05) is 32.0 Å². The van der Waals surface area contributed by atoms with Crippen molar-refractivity contribution < 1.29 is 24.1 Å². The highest BCUT2D eigenvalue weighted by atomic mass is 35.5. The molecule has 0 amide bonds. The molecule has 1 N–H and O–H groups in total. The molecule has 5 heterocycles. The summed E-state index contributed by atoms with van der Waals surface area (Å²) in [5.74, 6) is 0.258. The summed E-state index contributed by atoms with van der Waals surface area (Å²) in [5, 5.41) is 11.8. The fourth-order valence-electron chi connectivity index (χ4n) is 7.16. The molecule has 10 nitrogen and oxygen atoms in total. The number of hydrogen-bond acceptors (Lipinski definition) is 9. The van der Waals surface area contributed by atoms with Gasteiger partial charge < -0.3 is 19.3 Å². The van der Waals surface area contributed by atoms with E-state index in [9.17, 15) is 14.7 Å². The molecule has 0 radical (unpaired) electrons. The Kier molecular flexibility index (Phi) is 8.62. The second-order valence-electron chi connectivity index (χ2n) is 12.5. The minimum atomic E-state index is -1.02. The van der Waals surface area contributed by atoms with Gasteiger partial charge in [0.05, 0.1) is 53.4 Å². The van der Waals surface area contributed by atoms with Crippen LogP contribution >= 0.6 is 22.9 Å². The van der Waals surface area contributed by atoms with Gasteiger partial charge in [0, 0.05) is 51.9 Å². The van der Waals surface area contributed by atoms with E-state index < -0.39 is 5.97 Å². The van der Waals surface area contributed by atoms with Crippen LogP contribution in [0.2, 0.25) is 5.02 Å². The third-order valence-electron chi connectivity index (χ3n) is 9.61. The molecule has 1 atom stereocenters. The van der Waals surface area contributed by atoms with Gasteiger partial charge in [-0.25, -0.2) is 9.78 Å². The van der Waals surface area contributed by atoms with Gasteiger partial charge in [-0.05, 0) is 70.2 Å². The van der Waals surface area contributed by atoms with Crippen molar-refractivity contribution in [1.82, 2.24) is 19.4 Å². The second kappa shape index (κ2) is 12.7. The van der Waals surface area contributed by atoms with Crippen LogP contribution < -0.4 is 10.3 Å². The van der Waals surface area contributed by atoms with Gasteiger partial charge in [0.2, 0.25) is 0 Å². The van der Waals surface area contributed by atoms with Gasteiger partial charge in [0.15, 0.2) is 0 Å². The number of nitrogens with zero attached hydrogens (tertiary/aromatic N) is 4. The van der Waals surface area contributed by atoms with Crippen LogP contribution in [0.5, 0.6) is 5.75 Å². The van der Waals surface area contributed by atoms with Gasteiger partial charge in [0.1, 0.15) is 18.2 Å². The number of thiophene rings is 1. The molecule has 0 bridgehead atoms. The minimum Gasteiger partial charge on any atom is -0.491 e. The number of aromatic carboxylic acids is 1. The Morgan fingerprint density at radius 3 is 2.76 bits per heavy atom. The number of aryl methyl sites for hydroxylation is 3. The van der Waals surface area contributed by atoms with Crippen molar-refractivity contribution in [3.05, 3.63) is 73.4 Å². The van der Waals surface area contributed by atoms with Crippen LogP contribution in [0.1, 0.15) is 52.4 Å². The van der Waals surface area contributed by atoms with E-state index in [4.69, 9.17) is 30.8 Å². The molecule has 1 spiro atoms. The zero-order valence-electron chi connectivity index (χ0n) is 26.0. The van der Waals surface area contributed by atoms with E-state index in [2.05, 4.69) is 9.88 Å². The first-order valence-corrected chi connectivity index (χ1v) is 17.1. The number of ether oxygens (including phenoxy) is 3. The molecule has 46 heavy (non-hydrogen) atoms. The number of carboxylic acids is 1. The summed E-state index contributed by atoms with van der Waals surface area (Å²) in [5.41, 5.74) is 4.44.